The summed E-state index contributed by atoms with van der Waals surface area (Å²) in [6, 6.07) is 17.6. The van der Waals surface area contributed by atoms with Crippen LogP contribution in [0.25, 0.3) is 0 Å². The van der Waals surface area contributed by atoms with Crippen LogP contribution in [0.5, 0.6) is 11.5 Å². The molecule has 0 heterocycles. The average Bonchev–Trinajstić information content (AvgIpc) is 2.30. The van der Waals surface area contributed by atoms with E-state index in [1.807, 2.05) is 68.4 Å². The summed E-state index contributed by atoms with van der Waals surface area (Å²) in [5, 5.41) is 0. The van der Waals surface area contributed by atoms with Gasteiger partial charge in [-0.25, -0.2) is 0 Å². The van der Waals surface area contributed by atoms with Crippen LogP contribution in [0.4, 0.5) is 0 Å². The van der Waals surface area contributed by atoms with E-state index in [4.69, 9.17) is 16.3 Å². The second-order valence-corrected chi connectivity index (χ2v) is 5.36. The minimum Gasteiger partial charge on any atom is -0.457 e. The van der Waals surface area contributed by atoms with Crippen molar-refractivity contribution in [3.8, 4) is 11.5 Å². The maximum Gasteiger partial charge on any atom is 0.127 e. The molecule has 0 bridgehead atoms. The number of para-hydroxylation sites is 1. The Kier molecular flexibility index (Phi) is 3.39. The molecule has 0 saturated carbocycles. The van der Waals surface area contributed by atoms with Crippen molar-refractivity contribution in [3.05, 3.63) is 60.2 Å². The molecule has 0 saturated heterocycles. The monoisotopic (exact) mass is 246 g/mol. The largest absolute Gasteiger partial charge is 0.457 e. The molecule has 2 aromatic carbocycles. The summed E-state index contributed by atoms with van der Waals surface area (Å²) in [4.78, 5) is -0.342. The summed E-state index contributed by atoms with van der Waals surface area (Å²) >= 11 is 6.23. The minimum atomic E-state index is -0.342. The van der Waals surface area contributed by atoms with E-state index in [0.29, 0.717) is 0 Å². The van der Waals surface area contributed by atoms with E-state index in [1.54, 1.807) is 0 Å². The van der Waals surface area contributed by atoms with E-state index >= 15 is 0 Å². The van der Waals surface area contributed by atoms with E-state index < -0.39 is 0 Å². The summed E-state index contributed by atoms with van der Waals surface area (Å²) in [7, 11) is 0. The standard InChI is InChI=1S/C15H15ClO/c1-15(2,16)12-8-10-14(11-9-12)17-13-6-4-3-5-7-13/h3-11H,1-2H3. The molecule has 17 heavy (non-hydrogen) atoms. The molecule has 2 aromatic rings. The van der Waals surface area contributed by atoms with Crippen LogP contribution in [0.2, 0.25) is 0 Å². The highest BCUT2D eigenvalue weighted by atomic mass is 35.5. The van der Waals surface area contributed by atoms with Gasteiger partial charge in [-0.3, -0.25) is 0 Å². The zero-order valence-electron chi connectivity index (χ0n) is 9.98. The Morgan fingerprint density at radius 3 is 1.88 bits per heavy atom. The van der Waals surface area contributed by atoms with Crippen LogP contribution in [-0.4, -0.2) is 0 Å². The Morgan fingerprint density at radius 2 is 1.35 bits per heavy atom. The van der Waals surface area contributed by atoms with E-state index in [-0.39, 0.29) is 4.87 Å². The van der Waals surface area contributed by atoms with Crippen molar-refractivity contribution < 1.29 is 4.74 Å². The van der Waals surface area contributed by atoms with Crippen molar-refractivity contribution >= 4 is 11.6 Å². The van der Waals surface area contributed by atoms with E-state index in [9.17, 15) is 0 Å². The molecule has 0 N–H and O–H groups in total. The molecular weight excluding hydrogens is 232 g/mol. The van der Waals surface area contributed by atoms with Crippen LogP contribution < -0.4 is 4.74 Å². The number of benzene rings is 2. The van der Waals surface area contributed by atoms with Gasteiger partial charge in [-0.05, 0) is 43.7 Å². The molecule has 0 aliphatic carbocycles. The van der Waals surface area contributed by atoms with Crippen molar-refractivity contribution in [1.82, 2.24) is 0 Å². The summed E-state index contributed by atoms with van der Waals surface area (Å²) in [5.41, 5.74) is 1.08. The van der Waals surface area contributed by atoms with Gasteiger partial charge in [0.2, 0.25) is 0 Å². The number of rotatable bonds is 3. The Labute approximate surface area is 107 Å². The molecule has 0 amide bonds. The molecule has 0 fully saturated rings. The SMILES string of the molecule is CC(C)(Cl)c1ccc(Oc2ccccc2)cc1. The normalized spacial score (nSPS) is 11.2. The van der Waals surface area contributed by atoms with Crippen molar-refractivity contribution in [3.63, 3.8) is 0 Å². The van der Waals surface area contributed by atoms with Crippen LogP contribution in [0, 0.1) is 0 Å². The van der Waals surface area contributed by atoms with Gasteiger partial charge in [0.15, 0.2) is 0 Å². The van der Waals surface area contributed by atoms with Crippen molar-refractivity contribution in [1.29, 1.82) is 0 Å². The highest BCUT2D eigenvalue weighted by Gasteiger charge is 2.15. The highest BCUT2D eigenvalue weighted by Crippen LogP contribution is 2.30. The lowest BCUT2D eigenvalue weighted by Gasteiger charge is -2.16. The molecule has 0 atom stereocenters. The molecule has 88 valence electrons. The van der Waals surface area contributed by atoms with Crippen molar-refractivity contribution in [2.24, 2.45) is 0 Å². The first kappa shape index (κ1) is 12.0. The second kappa shape index (κ2) is 4.80. The zero-order chi connectivity index (χ0) is 12.3. The molecule has 0 aliphatic rings. The lowest BCUT2D eigenvalue weighted by atomic mass is 10.0. The summed E-state index contributed by atoms with van der Waals surface area (Å²) < 4.78 is 5.70. The van der Waals surface area contributed by atoms with Crippen molar-refractivity contribution in [2.75, 3.05) is 0 Å². The molecule has 0 aromatic heterocycles. The lowest BCUT2D eigenvalue weighted by molar-refractivity contribution is 0.482. The van der Waals surface area contributed by atoms with Gasteiger partial charge in [-0.1, -0.05) is 30.3 Å². The fourth-order valence-electron chi connectivity index (χ4n) is 1.54. The van der Waals surface area contributed by atoms with Gasteiger partial charge in [-0.15, -0.1) is 11.6 Å². The predicted molar refractivity (Wildman–Crippen MR) is 71.8 cm³/mol. The zero-order valence-corrected chi connectivity index (χ0v) is 10.7. The van der Waals surface area contributed by atoms with Crippen LogP contribution >= 0.6 is 11.6 Å². The number of hydrogen-bond donors (Lipinski definition) is 0. The first-order chi connectivity index (χ1) is 8.05. The molecule has 0 radical (unpaired) electrons. The van der Waals surface area contributed by atoms with Crippen LogP contribution in [-0.2, 0) is 4.87 Å². The van der Waals surface area contributed by atoms with Gasteiger partial charge in [0.05, 0.1) is 4.87 Å². The molecular formula is C15H15ClO. The van der Waals surface area contributed by atoms with Gasteiger partial charge >= 0.3 is 0 Å². The van der Waals surface area contributed by atoms with Gasteiger partial charge in [0.25, 0.3) is 0 Å². The first-order valence-corrected chi connectivity index (χ1v) is 5.96. The lowest BCUT2D eigenvalue weighted by Crippen LogP contribution is -2.06. The quantitative estimate of drug-likeness (QED) is 0.696. The average molecular weight is 247 g/mol. The molecule has 1 nitrogen and oxygen atoms in total. The maximum absolute atomic E-state index is 6.23. The topological polar surface area (TPSA) is 9.23 Å². The minimum absolute atomic E-state index is 0.342. The molecule has 0 spiro atoms. The third-order valence-corrected chi connectivity index (χ3v) is 2.74. The van der Waals surface area contributed by atoms with Gasteiger partial charge in [0, 0.05) is 0 Å². The fourth-order valence-corrected chi connectivity index (χ4v) is 1.67. The predicted octanol–water partition coefficient (Wildman–Crippen LogP) is 4.95. The Balaban J connectivity index is 2.14. The number of halogens is 1. The summed E-state index contributed by atoms with van der Waals surface area (Å²) in [6.07, 6.45) is 0. The number of hydrogen-bond acceptors (Lipinski definition) is 1. The summed E-state index contributed by atoms with van der Waals surface area (Å²) in [6.45, 7) is 3.95. The molecule has 0 aliphatic heterocycles. The van der Waals surface area contributed by atoms with Crippen LogP contribution in [0.15, 0.2) is 54.6 Å². The van der Waals surface area contributed by atoms with Gasteiger partial charge in [0.1, 0.15) is 11.5 Å². The van der Waals surface area contributed by atoms with Crippen molar-refractivity contribution in [2.45, 2.75) is 18.7 Å². The van der Waals surface area contributed by atoms with Gasteiger partial charge in [-0.2, -0.15) is 0 Å². The van der Waals surface area contributed by atoms with E-state index in [2.05, 4.69) is 0 Å². The fraction of sp³-hybridized carbons (Fsp3) is 0.200. The highest BCUT2D eigenvalue weighted by molar-refractivity contribution is 6.23. The smallest absolute Gasteiger partial charge is 0.127 e. The third kappa shape index (κ3) is 3.24. The molecule has 2 rings (SSSR count). The Hall–Kier alpha value is -1.47. The van der Waals surface area contributed by atoms with E-state index in [0.717, 1.165) is 17.1 Å². The number of alkyl halides is 1. The first-order valence-electron chi connectivity index (χ1n) is 5.58. The van der Waals surface area contributed by atoms with E-state index in [1.165, 1.54) is 0 Å². The summed E-state index contributed by atoms with van der Waals surface area (Å²) in [5.74, 6) is 1.66. The Bertz CT molecular complexity index is 469. The number of ether oxygens (including phenoxy) is 1. The van der Waals surface area contributed by atoms with Gasteiger partial charge < -0.3 is 4.74 Å². The van der Waals surface area contributed by atoms with Crippen LogP contribution in [0.3, 0.4) is 0 Å². The second-order valence-electron chi connectivity index (χ2n) is 4.41. The maximum atomic E-state index is 6.23. The third-order valence-electron chi connectivity index (χ3n) is 2.52. The molecule has 2 heteroatoms. The molecule has 0 unspecified atom stereocenters. The Morgan fingerprint density at radius 1 is 0.824 bits per heavy atom. The van der Waals surface area contributed by atoms with Crippen LogP contribution in [0.1, 0.15) is 19.4 Å².